The first kappa shape index (κ1) is 17.0. The van der Waals surface area contributed by atoms with Gasteiger partial charge in [0, 0.05) is 18.2 Å². The number of rotatable bonds is 6. The fourth-order valence-electron chi connectivity index (χ4n) is 3.03. The minimum absolute atomic E-state index is 0.206. The molecule has 0 bridgehead atoms. The highest BCUT2D eigenvalue weighted by atomic mass is 16.5. The number of aromatic nitrogens is 4. The van der Waals surface area contributed by atoms with Gasteiger partial charge in [0.1, 0.15) is 11.8 Å². The first-order valence-electron chi connectivity index (χ1n) is 8.57. The summed E-state index contributed by atoms with van der Waals surface area (Å²) < 4.78 is 7.81. The molecular formula is C20H23N4O+. The zero-order valence-corrected chi connectivity index (χ0v) is 14.6. The van der Waals surface area contributed by atoms with Crippen molar-refractivity contribution in [3.8, 4) is 5.88 Å². The van der Waals surface area contributed by atoms with E-state index in [1.165, 1.54) is 0 Å². The Morgan fingerprint density at radius 1 is 1.28 bits per heavy atom. The van der Waals surface area contributed by atoms with Gasteiger partial charge < -0.3 is 4.74 Å². The molecule has 0 spiro atoms. The Balaban J connectivity index is 1.61. The van der Waals surface area contributed by atoms with Crippen LogP contribution >= 0.6 is 0 Å². The molecule has 0 amide bonds. The van der Waals surface area contributed by atoms with Gasteiger partial charge in [0.2, 0.25) is 5.88 Å². The molecule has 0 N–H and O–H groups in total. The summed E-state index contributed by atoms with van der Waals surface area (Å²) in [6.07, 6.45) is 12.7. The van der Waals surface area contributed by atoms with Gasteiger partial charge in [-0.25, -0.2) is 4.98 Å². The highest BCUT2D eigenvalue weighted by Gasteiger charge is 2.31. The zero-order chi connectivity index (χ0) is 17.6. The van der Waals surface area contributed by atoms with E-state index < -0.39 is 0 Å². The second kappa shape index (κ2) is 7.80. The minimum Gasteiger partial charge on any atom is -0.474 e. The second-order valence-electron chi connectivity index (χ2n) is 6.42. The maximum Gasteiger partial charge on any atom is 0.423 e. The fraction of sp³-hybridized carbons (Fsp3) is 0.350. The van der Waals surface area contributed by atoms with Gasteiger partial charge in [-0.2, -0.15) is 0 Å². The lowest BCUT2D eigenvalue weighted by Crippen LogP contribution is -2.25. The van der Waals surface area contributed by atoms with E-state index in [-0.39, 0.29) is 6.10 Å². The third-order valence-electron chi connectivity index (χ3n) is 4.34. The fourth-order valence-corrected chi connectivity index (χ4v) is 3.03. The summed E-state index contributed by atoms with van der Waals surface area (Å²) in [6, 6.07) is 5.73. The third-order valence-corrected chi connectivity index (χ3v) is 4.34. The van der Waals surface area contributed by atoms with Crippen molar-refractivity contribution in [3.63, 3.8) is 0 Å². The van der Waals surface area contributed by atoms with Crippen molar-refractivity contribution in [2.75, 3.05) is 0 Å². The van der Waals surface area contributed by atoms with E-state index >= 15 is 0 Å². The number of pyridine rings is 1. The van der Waals surface area contributed by atoms with Gasteiger partial charge in [0.15, 0.2) is 0 Å². The van der Waals surface area contributed by atoms with E-state index in [4.69, 9.17) is 4.74 Å². The van der Waals surface area contributed by atoms with Crippen LogP contribution in [0.2, 0.25) is 0 Å². The molecule has 0 saturated heterocycles. The maximum absolute atomic E-state index is 5.96. The molecule has 0 aliphatic heterocycles. The zero-order valence-electron chi connectivity index (χ0n) is 14.6. The molecule has 25 heavy (non-hydrogen) atoms. The molecule has 0 unspecified atom stereocenters. The summed E-state index contributed by atoms with van der Waals surface area (Å²) >= 11 is 0. The van der Waals surface area contributed by atoms with Gasteiger partial charge in [-0.3, -0.25) is 0 Å². The van der Waals surface area contributed by atoms with Gasteiger partial charge >= 0.3 is 6.33 Å². The molecule has 1 aliphatic carbocycles. The summed E-state index contributed by atoms with van der Waals surface area (Å²) in [7, 11) is 0. The average molecular weight is 335 g/mol. The molecule has 1 saturated carbocycles. The van der Waals surface area contributed by atoms with Crippen molar-refractivity contribution >= 4 is 5.70 Å². The number of hydrogen-bond donors (Lipinski definition) is 0. The Bertz CT molecular complexity index is 755. The summed E-state index contributed by atoms with van der Waals surface area (Å²) in [4.78, 5) is 4.23. The lowest BCUT2D eigenvalue weighted by atomic mass is 9.86. The van der Waals surface area contributed by atoms with E-state index in [1.807, 2.05) is 41.8 Å². The predicted molar refractivity (Wildman–Crippen MR) is 95.8 cm³/mol. The topological polar surface area (TPSA) is 54.0 Å². The number of hydrogen-bond acceptors (Lipinski definition) is 3. The van der Waals surface area contributed by atoms with Crippen molar-refractivity contribution in [1.29, 1.82) is 0 Å². The van der Waals surface area contributed by atoms with Crippen molar-refractivity contribution in [2.45, 2.75) is 44.6 Å². The Kier molecular flexibility index (Phi) is 5.30. The van der Waals surface area contributed by atoms with Crippen molar-refractivity contribution in [1.82, 2.24) is 14.6 Å². The quantitative estimate of drug-likeness (QED) is 0.759. The van der Waals surface area contributed by atoms with Crippen LogP contribution in [-0.2, 0) is 0 Å². The molecule has 2 heterocycles. The Labute approximate surface area is 148 Å². The predicted octanol–water partition coefficient (Wildman–Crippen LogP) is 3.39. The van der Waals surface area contributed by atoms with Gasteiger partial charge in [-0.15, -0.1) is 4.57 Å². The van der Waals surface area contributed by atoms with Crippen LogP contribution < -0.4 is 9.84 Å². The highest BCUT2D eigenvalue weighted by Crippen LogP contribution is 2.33. The molecule has 0 radical (unpaired) electrons. The number of allylic oxidation sites excluding steroid dienone is 4. The first-order valence-corrected chi connectivity index (χ1v) is 8.57. The molecule has 2 aromatic heterocycles. The Hall–Kier alpha value is -2.87. The van der Waals surface area contributed by atoms with Gasteiger partial charge in [0.25, 0.3) is 5.82 Å². The second-order valence-corrected chi connectivity index (χ2v) is 6.42. The normalized spacial score (nSPS) is 20.2. The summed E-state index contributed by atoms with van der Waals surface area (Å²) in [5.74, 6) is 1.96. The average Bonchev–Trinajstić information content (AvgIpc) is 3.11. The van der Waals surface area contributed by atoms with Crippen LogP contribution in [0.5, 0.6) is 5.88 Å². The molecule has 3 rings (SSSR count). The van der Waals surface area contributed by atoms with Crippen LogP contribution in [-0.4, -0.2) is 20.8 Å². The minimum atomic E-state index is 0.206. The lowest BCUT2D eigenvalue weighted by Gasteiger charge is -2.26. The smallest absolute Gasteiger partial charge is 0.423 e. The largest absolute Gasteiger partial charge is 0.474 e. The molecule has 0 aromatic carbocycles. The monoisotopic (exact) mass is 335 g/mol. The van der Waals surface area contributed by atoms with Crippen LogP contribution in [0, 0.1) is 6.33 Å². The first-order chi connectivity index (χ1) is 12.1. The van der Waals surface area contributed by atoms with E-state index in [2.05, 4.69) is 34.7 Å². The standard InChI is InChI=1S/C20H23N4O/c1-15(2)7-8-16(3)24-14-22-23-20(24)17-9-11-18(12-10-17)25-19-6-4-5-13-21-19/h4-8,13,17-18H,1,3,9-12H2,2H3/q+1. The SMILES string of the molecule is C=C(C)C=CC(=C)n1c#[n+]nc1C1CCC(Oc2ccccn2)CC1. The van der Waals surface area contributed by atoms with Gasteiger partial charge in [0.05, 0.1) is 5.10 Å². The molecule has 5 heteroatoms. The van der Waals surface area contributed by atoms with E-state index in [0.29, 0.717) is 11.8 Å². The lowest BCUT2D eigenvalue weighted by molar-refractivity contribution is -0.374. The molecule has 1 aliphatic rings. The van der Waals surface area contributed by atoms with E-state index in [9.17, 15) is 0 Å². The summed E-state index contributed by atoms with van der Waals surface area (Å²) in [5.41, 5.74) is 1.78. The van der Waals surface area contributed by atoms with Crippen LogP contribution in [0.15, 0.2) is 55.3 Å². The maximum atomic E-state index is 5.96. The highest BCUT2D eigenvalue weighted by molar-refractivity contribution is 5.55. The summed E-state index contributed by atoms with van der Waals surface area (Å²) in [5, 5.41) is 8.25. The molecular weight excluding hydrogens is 312 g/mol. The number of nitrogens with zero attached hydrogens (tertiary/aromatic N) is 4. The van der Waals surface area contributed by atoms with Crippen LogP contribution in [0.25, 0.3) is 5.70 Å². The molecule has 128 valence electrons. The number of ether oxygens (including phenoxy) is 1. The van der Waals surface area contributed by atoms with E-state index in [0.717, 1.165) is 42.8 Å². The van der Waals surface area contributed by atoms with Crippen LogP contribution in [0.3, 0.4) is 0 Å². The van der Waals surface area contributed by atoms with Gasteiger partial charge in [-0.1, -0.05) is 30.9 Å². The molecule has 1 fully saturated rings. The van der Waals surface area contributed by atoms with Crippen molar-refractivity contribution in [2.24, 2.45) is 0 Å². The molecule has 2 aromatic rings. The van der Waals surface area contributed by atoms with Gasteiger partial charge in [-0.05, 0) is 49.8 Å². The van der Waals surface area contributed by atoms with Crippen molar-refractivity contribution < 1.29 is 9.84 Å². The Morgan fingerprint density at radius 2 is 2.08 bits per heavy atom. The molecule has 0 atom stereocenters. The molecule has 5 nitrogen and oxygen atoms in total. The van der Waals surface area contributed by atoms with Crippen LogP contribution in [0.1, 0.15) is 44.3 Å². The Morgan fingerprint density at radius 3 is 2.76 bits per heavy atom. The summed E-state index contributed by atoms with van der Waals surface area (Å²) in [6.45, 7) is 9.90. The third kappa shape index (κ3) is 4.36. The van der Waals surface area contributed by atoms with E-state index in [1.54, 1.807) is 6.20 Å². The van der Waals surface area contributed by atoms with Crippen molar-refractivity contribution in [3.05, 3.63) is 67.4 Å². The van der Waals surface area contributed by atoms with Crippen LogP contribution in [0.4, 0.5) is 0 Å².